The third-order valence-electron chi connectivity index (χ3n) is 3.36. The van der Waals surface area contributed by atoms with E-state index < -0.39 is 39.0 Å². The van der Waals surface area contributed by atoms with Crippen LogP contribution in [-0.2, 0) is 13.8 Å². The Kier molecular flexibility index (Phi) is 4.04. The number of fused-ring (bicyclic) bond motifs is 1. The molecule has 3 heterocycles. The van der Waals surface area contributed by atoms with Gasteiger partial charge in [0.25, 0.3) is 0 Å². The maximum absolute atomic E-state index is 14.3. The van der Waals surface area contributed by atoms with Crippen molar-refractivity contribution in [3.05, 3.63) is 12.7 Å². The topological polar surface area (TPSA) is 166 Å². The lowest BCUT2D eigenvalue weighted by Gasteiger charge is -2.15. The number of alkyl halides is 1. The predicted octanol–water partition coefficient (Wildman–Crippen LogP) is -0.886. The molecular formula is C10H13FN5O6P. The number of hydrogen-bond acceptors (Lipinski definition) is 8. The molecule has 0 saturated carbocycles. The van der Waals surface area contributed by atoms with Gasteiger partial charge in [-0.3, -0.25) is 9.09 Å². The smallest absolute Gasteiger partial charge is 0.387 e. The molecule has 0 radical (unpaired) electrons. The van der Waals surface area contributed by atoms with Crippen LogP contribution in [0.5, 0.6) is 0 Å². The summed E-state index contributed by atoms with van der Waals surface area (Å²) in [5.74, 6) is 0.101. The number of phosphoric ester groups is 1. The molecule has 5 N–H and O–H groups in total. The van der Waals surface area contributed by atoms with E-state index in [1.54, 1.807) is 0 Å². The van der Waals surface area contributed by atoms with Gasteiger partial charge in [0.2, 0.25) is 0 Å². The number of rotatable bonds is 4. The summed E-state index contributed by atoms with van der Waals surface area (Å²) in [5.41, 5.74) is 6.08. The van der Waals surface area contributed by atoms with E-state index in [9.17, 15) is 14.1 Å². The molecule has 1 aliphatic rings. The molecule has 1 saturated heterocycles. The molecule has 1 fully saturated rings. The second-order valence-corrected chi connectivity index (χ2v) is 6.11. The molecule has 0 aliphatic carbocycles. The van der Waals surface area contributed by atoms with Gasteiger partial charge in [-0.05, 0) is 0 Å². The molecule has 23 heavy (non-hydrogen) atoms. The molecule has 1 unspecified atom stereocenters. The van der Waals surface area contributed by atoms with Crippen molar-refractivity contribution in [3.8, 4) is 0 Å². The van der Waals surface area contributed by atoms with E-state index in [2.05, 4.69) is 19.5 Å². The molecule has 126 valence electrons. The van der Waals surface area contributed by atoms with Crippen molar-refractivity contribution in [2.75, 3.05) is 12.3 Å². The Morgan fingerprint density at radius 1 is 1.43 bits per heavy atom. The van der Waals surface area contributed by atoms with Gasteiger partial charge in [0.1, 0.15) is 24.1 Å². The van der Waals surface area contributed by atoms with Gasteiger partial charge in [0.15, 0.2) is 23.9 Å². The van der Waals surface area contributed by atoms with Crippen molar-refractivity contribution in [2.45, 2.75) is 24.6 Å². The van der Waals surface area contributed by atoms with Gasteiger partial charge in [-0.2, -0.15) is 0 Å². The number of aliphatic hydroxyl groups is 1. The highest BCUT2D eigenvalue weighted by Crippen LogP contribution is 2.39. The minimum absolute atomic E-state index is 0.101. The first kappa shape index (κ1) is 16.2. The van der Waals surface area contributed by atoms with E-state index in [0.29, 0.717) is 0 Å². The van der Waals surface area contributed by atoms with Crippen LogP contribution in [0, 0.1) is 0 Å². The summed E-state index contributed by atoms with van der Waals surface area (Å²) in [6.45, 7) is -0.674. The molecular weight excluding hydrogens is 336 g/mol. The molecule has 1 aliphatic heterocycles. The number of imidazole rings is 1. The second kappa shape index (κ2) is 5.74. The molecule has 2 aromatic rings. The molecule has 11 nitrogen and oxygen atoms in total. The van der Waals surface area contributed by atoms with Crippen LogP contribution in [0.3, 0.4) is 0 Å². The number of phosphoric acid groups is 1. The monoisotopic (exact) mass is 349 g/mol. The molecule has 13 heteroatoms. The van der Waals surface area contributed by atoms with Crippen molar-refractivity contribution >= 4 is 24.8 Å². The Morgan fingerprint density at radius 3 is 2.87 bits per heavy atom. The van der Waals surface area contributed by atoms with Crippen LogP contribution in [0.4, 0.5) is 10.2 Å². The minimum atomic E-state index is -4.76. The molecule has 0 bridgehead atoms. The second-order valence-electron chi connectivity index (χ2n) is 4.87. The number of halogens is 1. The average molecular weight is 349 g/mol. The van der Waals surface area contributed by atoms with E-state index >= 15 is 0 Å². The van der Waals surface area contributed by atoms with Crippen LogP contribution in [0.1, 0.15) is 6.23 Å². The zero-order valence-corrected chi connectivity index (χ0v) is 12.3. The SMILES string of the molecule is Nc1ncnc2c1ncn2[C@@H]1O[C@H](COP(=O)(O)O)[C@@H](O)C1F. The number of aromatic nitrogens is 4. The zero-order chi connectivity index (χ0) is 16.8. The number of aliphatic hydroxyl groups excluding tert-OH is 1. The molecule has 0 aromatic carbocycles. The molecule has 0 spiro atoms. The molecule has 2 aromatic heterocycles. The van der Waals surface area contributed by atoms with Gasteiger partial charge < -0.3 is 25.4 Å². The Labute approximate surface area is 128 Å². The van der Waals surface area contributed by atoms with E-state index in [0.717, 1.165) is 0 Å². The lowest BCUT2D eigenvalue weighted by molar-refractivity contribution is -0.0451. The fourth-order valence-corrected chi connectivity index (χ4v) is 2.63. The first-order chi connectivity index (χ1) is 10.8. The fourth-order valence-electron chi connectivity index (χ4n) is 2.29. The quantitative estimate of drug-likeness (QED) is 0.509. The first-order valence-electron chi connectivity index (χ1n) is 6.38. The number of hydrogen-bond donors (Lipinski definition) is 4. The van der Waals surface area contributed by atoms with Crippen LogP contribution in [-0.4, -0.2) is 59.4 Å². The third-order valence-corrected chi connectivity index (χ3v) is 3.85. The summed E-state index contributed by atoms with van der Waals surface area (Å²) in [5, 5.41) is 9.83. The maximum Gasteiger partial charge on any atom is 0.469 e. The van der Waals surface area contributed by atoms with E-state index in [1.807, 2.05) is 0 Å². The lowest BCUT2D eigenvalue weighted by atomic mass is 10.1. The van der Waals surface area contributed by atoms with Crippen LogP contribution in [0.2, 0.25) is 0 Å². The molecule has 3 rings (SSSR count). The number of nitrogen functional groups attached to an aromatic ring is 1. The standard InChI is InChI=1S/C10H13FN5O6P/c11-5-7(17)4(1-21-23(18,19)20)22-10(5)16-3-15-6-8(12)13-2-14-9(6)16/h2-5,7,10,17H,1H2,(H2,12,13,14)(H2,18,19,20)/t4-,5?,7-,10-/m1/s1. The Balaban J connectivity index is 1.85. The zero-order valence-electron chi connectivity index (χ0n) is 11.4. The summed E-state index contributed by atoms with van der Waals surface area (Å²) in [7, 11) is -4.76. The molecule has 4 atom stereocenters. The van der Waals surface area contributed by atoms with Gasteiger partial charge in [-0.1, -0.05) is 0 Å². The van der Waals surface area contributed by atoms with Crippen molar-refractivity contribution < 1.29 is 33.1 Å². The number of nitrogens with two attached hydrogens (primary N) is 1. The molecule has 0 amide bonds. The minimum Gasteiger partial charge on any atom is -0.387 e. The Morgan fingerprint density at radius 2 is 2.17 bits per heavy atom. The third kappa shape index (κ3) is 3.04. The number of ether oxygens (including phenoxy) is 1. The van der Waals surface area contributed by atoms with Gasteiger partial charge in [-0.15, -0.1) is 0 Å². The predicted molar refractivity (Wildman–Crippen MR) is 72.5 cm³/mol. The van der Waals surface area contributed by atoms with Crippen molar-refractivity contribution in [3.63, 3.8) is 0 Å². The highest BCUT2D eigenvalue weighted by atomic mass is 31.2. The van der Waals surface area contributed by atoms with Crippen molar-refractivity contribution in [2.24, 2.45) is 0 Å². The largest absolute Gasteiger partial charge is 0.469 e. The Bertz CT molecular complexity index is 767. The van der Waals surface area contributed by atoms with Gasteiger partial charge in [-0.25, -0.2) is 23.9 Å². The number of nitrogens with zero attached hydrogens (tertiary/aromatic N) is 4. The van der Waals surface area contributed by atoms with Gasteiger partial charge >= 0.3 is 7.82 Å². The van der Waals surface area contributed by atoms with Crippen LogP contribution >= 0.6 is 7.82 Å². The summed E-state index contributed by atoms with van der Waals surface area (Å²) in [6.07, 6.45) is -3.68. The Hall–Kier alpha value is -1.69. The maximum atomic E-state index is 14.3. The summed E-state index contributed by atoms with van der Waals surface area (Å²) >= 11 is 0. The number of anilines is 1. The summed E-state index contributed by atoms with van der Waals surface area (Å²) in [6, 6.07) is 0. The van der Waals surface area contributed by atoms with Crippen LogP contribution in [0.25, 0.3) is 11.2 Å². The normalized spacial score (nSPS) is 28.5. The van der Waals surface area contributed by atoms with Crippen LogP contribution < -0.4 is 5.73 Å². The lowest BCUT2D eigenvalue weighted by Crippen LogP contribution is -2.31. The fraction of sp³-hybridized carbons (Fsp3) is 0.500. The highest BCUT2D eigenvalue weighted by molar-refractivity contribution is 7.46. The van der Waals surface area contributed by atoms with Crippen LogP contribution in [0.15, 0.2) is 12.7 Å². The van der Waals surface area contributed by atoms with Crippen molar-refractivity contribution in [1.29, 1.82) is 0 Å². The van der Waals surface area contributed by atoms with E-state index in [4.69, 9.17) is 20.3 Å². The van der Waals surface area contributed by atoms with E-state index in [-0.39, 0.29) is 17.0 Å². The summed E-state index contributed by atoms with van der Waals surface area (Å²) in [4.78, 5) is 29.0. The first-order valence-corrected chi connectivity index (χ1v) is 7.91. The van der Waals surface area contributed by atoms with Gasteiger partial charge in [0.05, 0.1) is 12.9 Å². The average Bonchev–Trinajstić information content (AvgIpc) is 3.01. The van der Waals surface area contributed by atoms with Gasteiger partial charge in [0, 0.05) is 0 Å². The van der Waals surface area contributed by atoms with Crippen molar-refractivity contribution in [1.82, 2.24) is 19.5 Å². The highest BCUT2D eigenvalue weighted by Gasteiger charge is 2.46. The summed E-state index contributed by atoms with van der Waals surface area (Å²) < 4.78 is 35.8. The van der Waals surface area contributed by atoms with E-state index in [1.165, 1.54) is 17.2 Å².